The van der Waals surface area contributed by atoms with Crippen molar-refractivity contribution in [3.63, 3.8) is 0 Å². The molecule has 0 radical (unpaired) electrons. The molecule has 0 saturated heterocycles. The third-order valence-electron chi connectivity index (χ3n) is 1.54. The van der Waals surface area contributed by atoms with Gasteiger partial charge in [-0.2, -0.15) is 13.2 Å². The van der Waals surface area contributed by atoms with Gasteiger partial charge in [0.25, 0.3) is 0 Å². The Morgan fingerprint density at radius 3 is 2.12 bits per heavy atom. The van der Waals surface area contributed by atoms with Gasteiger partial charge in [-0.1, -0.05) is 0 Å². The summed E-state index contributed by atoms with van der Waals surface area (Å²) in [4.78, 5) is 10.4. The van der Waals surface area contributed by atoms with Crippen molar-refractivity contribution in [3.05, 3.63) is 29.6 Å². The van der Waals surface area contributed by atoms with Gasteiger partial charge < -0.3 is 5.32 Å². The summed E-state index contributed by atoms with van der Waals surface area (Å²) < 4.78 is 73.0. The molecule has 0 fully saturated rings. The number of hydrogen-bond donors (Lipinski definition) is 1. The molecule has 0 saturated carbocycles. The fraction of sp³-hybridized carbons (Fsp3) is 0.125. The lowest BCUT2D eigenvalue weighted by Gasteiger charge is -2.08. The number of rotatable bonds is 1. The molecule has 1 rings (SSSR count). The van der Waals surface area contributed by atoms with Crippen LogP contribution in [0.1, 0.15) is 0 Å². The van der Waals surface area contributed by atoms with Gasteiger partial charge in [0, 0.05) is 0 Å². The van der Waals surface area contributed by atoms with Crippen LogP contribution in [0, 0.1) is 17.5 Å². The van der Waals surface area contributed by atoms with Crippen molar-refractivity contribution >= 4 is 11.6 Å². The van der Waals surface area contributed by atoms with E-state index in [1.165, 1.54) is 0 Å². The molecule has 1 amide bonds. The number of carbonyl (C=O) groups is 1. The van der Waals surface area contributed by atoms with E-state index in [1.807, 2.05) is 0 Å². The van der Waals surface area contributed by atoms with Crippen molar-refractivity contribution in [2.24, 2.45) is 0 Å². The zero-order valence-electron chi connectivity index (χ0n) is 7.33. The Bertz CT molecular complexity index is 427. The molecule has 0 spiro atoms. The highest BCUT2D eigenvalue weighted by atomic mass is 19.4. The molecule has 0 aliphatic carbocycles. The Balaban J connectivity index is 3.00. The fourth-order valence-electron chi connectivity index (χ4n) is 0.816. The first-order valence-electron chi connectivity index (χ1n) is 3.75. The summed E-state index contributed by atoms with van der Waals surface area (Å²) in [5, 5.41) is 1.07. The molecular weight excluding hydrogens is 240 g/mol. The maximum Gasteiger partial charge on any atom is 0.471 e. The van der Waals surface area contributed by atoms with Gasteiger partial charge in [-0.3, -0.25) is 4.79 Å². The largest absolute Gasteiger partial charge is 0.471 e. The number of anilines is 1. The van der Waals surface area contributed by atoms with Crippen molar-refractivity contribution in [1.82, 2.24) is 0 Å². The molecule has 1 N–H and O–H groups in total. The van der Waals surface area contributed by atoms with Crippen LogP contribution in [-0.2, 0) is 4.79 Å². The van der Waals surface area contributed by atoms with E-state index in [0.29, 0.717) is 12.1 Å². The summed E-state index contributed by atoms with van der Waals surface area (Å²) in [5.74, 6) is -7.89. The molecule has 0 aromatic heterocycles. The van der Waals surface area contributed by atoms with E-state index < -0.39 is 35.2 Å². The van der Waals surface area contributed by atoms with Gasteiger partial charge in [0.2, 0.25) is 0 Å². The van der Waals surface area contributed by atoms with E-state index in [0.717, 1.165) is 5.32 Å². The van der Waals surface area contributed by atoms with Crippen LogP contribution in [0.3, 0.4) is 0 Å². The van der Waals surface area contributed by atoms with E-state index in [4.69, 9.17) is 0 Å². The number of hydrogen-bond acceptors (Lipinski definition) is 1. The molecule has 16 heavy (non-hydrogen) atoms. The third-order valence-corrected chi connectivity index (χ3v) is 1.54. The van der Waals surface area contributed by atoms with Gasteiger partial charge >= 0.3 is 12.1 Å². The second kappa shape index (κ2) is 4.03. The van der Waals surface area contributed by atoms with E-state index in [9.17, 15) is 31.1 Å². The Morgan fingerprint density at radius 2 is 1.62 bits per heavy atom. The van der Waals surface area contributed by atoms with Crippen LogP contribution in [0.5, 0.6) is 0 Å². The van der Waals surface area contributed by atoms with Gasteiger partial charge in [-0.05, 0) is 12.1 Å². The zero-order chi connectivity index (χ0) is 12.5. The first-order valence-corrected chi connectivity index (χ1v) is 3.75. The Hall–Kier alpha value is -1.73. The summed E-state index contributed by atoms with van der Waals surface area (Å²) in [5.41, 5.74) is -1.08. The molecule has 0 heterocycles. The SMILES string of the molecule is O=C(Nc1ccc(F)c(F)c1F)C(F)(F)F. The van der Waals surface area contributed by atoms with E-state index in [1.54, 1.807) is 0 Å². The highest BCUT2D eigenvalue weighted by Gasteiger charge is 2.39. The predicted molar refractivity (Wildman–Crippen MR) is 41.0 cm³/mol. The molecule has 1 aromatic carbocycles. The summed E-state index contributed by atoms with van der Waals surface area (Å²) in [6.07, 6.45) is -5.24. The lowest BCUT2D eigenvalue weighted by Crippen LogP contribution is -2.30. The minimum atomic E-state index is -5.24. The van der Waals surface area contributed by atoms with Crippen molar-refractivity contribution in [2.75, 3.05) is 5.32 Å². The van der Waals surface area contributed by atoms with Crippen LogP contribution in [0.15, 0.2) is 12.1 Å². The van der Waals surface area contributed by atoms with Gasteiger partial charge in [0.05, 0.1) is 5.69 Å². The highest BCUT2D eigenvalue weighted by molar-refractivity contribution is 5.94. The van der Waals surface area contributed by atoms with Crippen LogP contribution in [0.25, 0.3) is 0 Å². The quantitative estimate of drug-likeness (QED) is 0.596. The van der Waals surface area contributed by atoms with Crippen LogP contribution < -0.4 is 5.32 Å². The van der Waals surface area contributed by atoms with Crippen LogP contribution in [-0.4, -0.2) is 12.1 Å². The third kappa shape index (κ3) is 2.44. The average molecular weight is 243 g/mol. The van der Waals surface area contributed by atoms with Crippen molar-refractivity contribution < 1.29 is 31.1 Å². The van der Waals surface area contributed by atoms with E-state index >= 15 is 0 Å². The molecule has 2 nitrogen and oxygen atoms in total. The summed E-state index contributed by atoms with van der Waals surface area (Å²) in [6.45, 7) is 0. The maximum atomic E-state index is 12.8. The second-order valence-corrected chi connectivity index (χ2v) is 2.67. The number of halogens is 6. The average Bonchev–Trinajstić information content (AvgIpc) is 2.17. The number of carbonyl (C=O) groups excluding carboxylic acids is 1. The molecule has 8 heteroatoms. The molecule has 0 aliphatic rings. The van der Waals surface area contributed by atoms with Crippen LogP contribution in [0.2, 0.25) is 0 Å². The van der Waals surface area contributed by atoms with Crippen LogP contribution >= 0.6 is 0 Å². The highest BCUT2D eigenvalue weighted by Crippen LogP contribution is 2.22. The molecule has 88 valence electrons. The van der Waals surface area contributed by atoms with Crippen LogP contribution in [0.4, 0.5) is 32.0 Å². The number of alkyl halides is 3. The van der Waals surface area contributed by atoms with E-state index in [2.05, 4.69) is 0 Å². The number of nitrogens with one attached hydrogen (secondary N) is 1. The molecule has 0 unspecified atom stereocenters. The lowest BCUT2D eigenvalue weighted by atomic mass is 10.2. The standard InChI is InChI=1S/C8H3F6NO/c9-3-1-2-4(6(11)5(3)10)15-7(16)8(12,13)14/h1-2H,(H,15,16). The smallest absolute Gasteiger partial charge is 0.316 e. The Labute approximate surface area is 84.9 Å². The number of benzene rings is 1. The van der Waals surface area contributed by atoms with Crippen molar-refractivity contribution in [3.8, 4) is 0 Å². The van der Waals surface area contributed by atoms with Gasteiger partial charge in [-0.25, -0.2) is 13.2 Å². The topological polar surface area (TPSA) is 29.1 Å². The molecule has 0 bridgehead atoms. The monoisotopic (exact) mass is 243 g/mol. The second-order valence-electron chi connectivity index (χ2n) is 2.67. The van der Waals surface area contributed by atoms with Crippen molar-refractivity contribution in [1.29, 1.82) is 0 Å². The molecule has 0 atom stereocenters. The predicted octanol–water partition coefficient (Wildman–Crippen LogP) is 2.60. The summed E-state index contributed by atoms with van der Waals surface area (Å²) >= 11 is 0. The number of amides is 1. The Kier molecular flexibility index (Phi) is 3.11. The normalized spacial score (nSPS) is 11.4. The van der Waals surface area contributed by atoms with Gasteiger partial charge in [-0.15, -0.1) is 0 Å². The first-order chi connectivity index (χ1) is 7.23. The van der Waals surface area contributed by atoms with Crippen molar-refractivity contribution in [2.45, 2.75) is 6.18 Å². The van der Waals surface area contributed by atoms with Gasteiger partial charge in [0.15, 0.2) is 17.5 Å². The molecule has 1 aromatic rings. The zero-order valence-corrected chi connectivity index (χ0v) is 7.33. The molecule has 0 aliphatic heterocycles. The minimum absolute atomic E-state index is 0.393. The van der Waals surface area contributed by atoms with E-state index in [-0.39, 0.29) is 0 Å². The fourth-order valence-corrected chi connectivity index (χ4v) is 0.816. The maximum absolute atomic E-state index is 12.8. The Morgan fingerprint density at radius 1 is 1.06 bits per heavy atom. The van der Waals surface area contributed by atoms with Gasteiger partial charge in [0.1, 0.15) is 0 Å². The summed E-state index contributed by atoms with van der Waals surface area (Å²) in [6, 6.07) is 0.877. The lowest BCUT2D eigenvalue weighted by molar-refractivity contribution is -0.167. The minimum Gasteiger partial charge on any atom is -0.316 e. The first kappa shape index (κ1) is 12.3. The summed E-state index contributed by atoms with van der Waals surface area (Å²) in [7, 11) is 0. The molecular formula is C8H3F6NO.